The lowest BCUT2D eigenvalue weighted by molar-refractivity contribution is 0.404. The Morgan fingerprint density at radius 3 is 2.71 bits per heavy atom. The Labute approximate surface area is 107 Å². The van der Waals surface area contributed by atoms with E-state index in [0.29, 0.717) is 0 Å². The van der Waals surface area contributed by atoms with Gasteiger partial charge in [-0.1, -0.05) is 11.6 Å². The summed E-state index contributed by atoms with van der Waals surface area (Å²) in [5, 5.41) is 17.6. The predicted molar refractivity (Wildman–Crippen MR) is 67.0 cm³/mol. The minimum Gasteiger partial charge on any atom is -0.302 e. The zero-order valence-corrected chi connectivity index (χ0v) is 11.2. The van der Waals surface area contributed by atoms with Crippen LogP contribution < -0.4 is 5.32 Å². The number of rotatable bonds is 2. The summed E-state index contributed by atoms with van der Waals surface area (Å²) in [4.78, 5) is 0. The maximum absolute atomic E-state index is 9.24. The van der Waals surface area contributed by atoms with E-state index in [-0.39, 0.29) is 6.04 Å². The molecular weight excluding hydrogens is 236 g/mol. The van der Waals surface area contributed by atoms with E-state index in [4.69, 9.17) is 11.6 Å². The molecule has 2 atom stereocenters. The van der Waals surface area contributed by atoms with Gasteiger partial charge in [-0.3, -0.25) is 4.68 Å². The molecule has 1 saturated carbocycles. The van der Waals surface area contributed by atoms with Gasteiger partial charge in [0.25, 0.3) is 0 Å². The number of nitriles is 1. The smallest absolute Gasteiger partial charge is 0.108 e. The summed E-state index contributed by atoms with van der Waals surface area (Å²) in [6, 6.07) is 2.65. The van der Waals surface area contributed by atoms with E-state index in [1.54, 1.807) is 0 Å². The summed E-state index contributed by atoms with van der Waals surface area (Å²) in [6.45, 7) is 3.89. The molecule has 92 valence electrons. The van der Waals surface area contributed by atoms with Gasteiger partial charge in [0.15, 0.2) is 0 Å². The lowest BCUT2D eigenvalue weighted by Crippen LogP contribution is -2.38. The fraction of sp³-hybridized carbons (Fsp3) is 0.667. The fourth-order valence-electron chi connectivity index (χ4n) is 2.61. The third-order valence-corrected chi connectivity index (χ3v) is 4.31. The zero-order valence-electron chi connectivity index (χ0n) is 10.4. The monoisotopic (exact) mass is 252 g/mol. The summed E-state index contributed by atoms with van der Waals surface area (Å²) < 4.78 is 1.98. The summed E-state index contributed by atoms with van der Waals surface area (Å²) in [6.07, 6.45) is 2.62. The minimum absolute atomic E-state index is 0.272. The molecule has 0 aliphatic heterocycles. The molecule has 0 aromatic carbocycles. The third kappa shape index (κ3) is 1.94. The highest BCUT2D eigenvalue weighted by Crippen LogP contribution is 2.38. The van der Waals surface area contributed by atoms with Crippen molar-refractivity contribution in [2.45, 2.75) is 44.7 Å². The number of aromatic nitrogens is 2. The topological polar surface area (TPSA) is 53.6 Å². The molecule has 4 nitrogen and oxygen atoms in total. The Bertz CT molecular complexity index is 474. The van der Waals surface area contributed by atoms with Crippen LogP contribution in [0.5, 0.6) is 0 Å². The van der Waals surface area contributed by atoms with Gasteiger partial charge in [-0.25, -0.2) is 0 Å². The van der Waals surface area contributed by atoms with Crippen molar-refractivity contribution in [1.82, 2.24) is 15.1 Å². The molecule has 0 saturated heterocycles. The Morgan fingerprint density at radius 2 is 2.29 bits per heavy atom. The summed E-state index contributed by atoms with van der Waals surface area (Å²) in [7, 11) is 1.85. The van der Waals surface area contributed by atoms with E-state index in [0.717, 1.165) is 35.7 Å². The molecule has 1 fully saturated rings. The second-order valence-corrected chi connectivity index (χ2v) is 5.15. The highest BCUT2D eigenvalue weighted by Gasteiger charge is 2.39. The van der Waals surface area contributed by atoms with Crippen LogP contribution in [0.1, 0.15) is 36.7 Å². The number of aryl methyl sites for hydroxylation is 1. The van der Waals surface area contributed by atoms with Gasteiger partial charge >= 0.3 is 0 Å². The van der Waals surface area contributed by atoms with E-state index < -0.39 is 5.54 Å². The lowest BCUT2D eigenvalue weighted by atomic mass is 10.0. The first-order valence-electron chi connectivity index (χ1n) is 5.84. The van der Waals surface area contributed by atoms with Crippen LogP contribution in [0.15, 0.2) is 0 Å². The molecule has 5 heteroatoms. The molecule has 0 bridgehead atoms. The van der Waals surface area contributed by atoms with Crippen LogP contribution in [-0.2, 0) is 0 Å². The summed E-state index contributed by atoms with van der Waals surface area (Å²) >= 11 is 6.15. The first-order chi connectivity index (χ1) is 8.03. The van der Waals surface area contributed by atoms with Crippen LogP contribution >= 0.6 is 11.6 Å². The van der Waals surface area contributed by atoms with Crippen molar-refractivity contribution in [1.29, 1.82) is 5.26 Å². The van der Waals surface area contributed by atoms with E-state index in [1.165, 1.54) is 0 Å². The highest BCUT2D eigenvalue weighted by molar-refractivity contribution is 6.31. The lowest BCUT2D eigenvalue weighted by Gasteiger charge is -2.20. The third-order valence-electron chi connectivity index (χ3n) is 3.76. The van der Waals surface area contributed by atoms with Gasteiger partial charge in [0, 0.05) is 6.42 Å². The number of hydrogen-bond donors (Lipinski definition) is 1. The van der Waals surface area contributed by atoms with Crippen molar-refractivity contribution in [2.24, 2.45) is 0 Å². The number of halogens is 1. The molecular formula is C12H17ClN4. The van der Waals surface area contributed by atoms with Crippen LogP contribution in [0.4, 0.5) is 0 Å². The van der Waals surface area contributed by atoms with Crippen LogP contribution in [0.2, 0.25) is 5.02 Å². The van der Waals surface area contributed by atoms with Gasteiger partial charge in [0.2, 0.25) is 0 Å². The summed E-state index contributed by atoms with van der Waals surface area (Å²) in [5.41, 5.74) is 1.46. The van der Waals surface area contributed by atoms with Crippen LogP contribution in [-0.4, -0.2) is 22.4 Å². The molecule has 17 heavy (non-hydrogen) atoms. The van der Waals surface area contributed by atoms with Crippen molar-refractivity contribution in [3.63, 3.8) is 0 Å². The van der Waals surface area contributed by atoms with Crippen molar-refractivity contribution >= 4 is 11.6 Å². The molecule has 0 amide bonds. The van der Waals surface area contributed by atoms with E-state index in [1.807, 2.05) is 25.6 Å². The molecule has 2 rings (SSSR count). The number of hydrogen-bond acceptors (Lipinski definition) is 3. The molecule has 1 aromatic heterocycles. The first-order valence-corrected chi connectivity index (χ1v) is 6.22. The number of nitrogens with one attached hydrogen (secondary N) is 1. The SMILES string of the molecule is CNC1(C#N)CCC(n2nc(C)c(Cl)c2C)C1. The summed E-state index contributed by atoms with van der Waals surface area (Å²) in [5.74, 6) is 0. The standard InChI is InChI=1S/C12H17ClN4/c1-8-11(13)9(2)17(16-8)10-4-5-12(6-10,7-14)15-3/h10,15H,4-6H2,1-3H3. The highest BCUT2D eigenvalue weighted by atomic mass is 35.5. The molecule has 0 radical (unpaired) electrons. The van der Waals surface area contributed by atoms with Gasteiger partial charge in [0.1, 0.15) is 5.54 Å². The maximum Gasteiger partial charge on any atom is 0.108 e. The zero-order chi connectivity index (χ0) is 12.6. The van der Waals surface area contributed by atoms with Gasteiger partial charge < -0.3 is 5.32 Å². The molecule has 1 aliphatic carbocycles. The van der Waals surface area contributed by atoms with E-state index in [9.17, 15) is 5.26 Å². The molecule has 2 unspecified atom stereocenters. The fourth-order valence-corrected chi connectivity index (χ4v) is 2.74. The van der Waals surface area contributed by atoms with Crippen molar-refractivity contribution in [2.75, 3.05) is 7.05 Å². The van der Waals surface area contributed by atoms with Gasteiger partial charge in [0.05, 0.1) is 28.5 Å². The van der Waals surface area contributed by atoms with Crippen LogP contribution in [0.3, 0.4) is 0 Å². The predicted octanol–water partition coefficient (Wildman–Crippen LogP) is 2.36. The van der Waals surface area contributed by atoms with E-state index in [2.05, 4.69) is 16.5 Å². The normalized spacial score (nSPS) is 28.3. The molecule has 1 heterocycles. The van der Waals surface area contributed by atoms with E-state index >= 15 is 0 Å². The molecule has 0 spiro atoms. The maximum atomic E-state index is 9.24. The van der Waals surface area contributed by atoms with Crippen molar-refractivity contribution < 1.29 is 0 Å². The Morgan fingerprint density at radius 1 is 1.59 bits per heavy atom. The van der Waals surface area contributed by atoms with Crippen LogP contribution in [0.25, 0.3) is 0 Å². The Balaban J connectivity index is 2.27. The van der Waals surface area contributed by atoms with Gasteiger partial charge in [-0.15, -0.1) is 0 Å². The Kier molecular flexibility index (Phi) is 3.15. The Hall–Kier alpha value is -1.05. The average molecular weight is 253 g/mol. The largest absolute Gasteiger partial charge is 0.302 e. The average Bonchev–Trinajstić information content (AvgIpc) is 2.87. The van der Waals surface area contributed by atoms with Crippen molar-refractivity contribution in [3.8, 4) is 6.07 Å². The van der Waals surface area contributed by atoms with Gasteiger partial charge in [-0.05, 0) is 33.7 Å². The van der Waals surface area contributed by atoms with Crippen LogP contribution in [0, 0.1) is 25.2 Å². The molecule has 1 N–H and O–H groups in total. The second-order valence-electron chi connectivity index (χ2n) is 4.77. The number of nitrogens with zero attached hydrogens (tertiary/aromatic N) is 3. The quantitative estimate of drug-likeness (QED) is 0.879. The minimum atomic E-state index is -0.399. The molecule has 1 aliphatic rings. The molecule has 1 aromatic rings. The first kappa shape index (κ1) is 12.4. The van der Waals surface area contributed by atoms with Crippen molar-refractivity contribution in [3.05, 3.63) is 16.4 Å². The second kappa shape index (κ2) is 4.32. The van der Waals surface area contributed by atoms with Gasteiger partial charge in [-0.2, -0.15) is 10.4 Å².